The smallest absolute Gasteiger partial charge is 0.449 e. The third kappa shape index (κ3) is 6.02. The summed E-state index contributed by atoms with van der Waals surface area (Å²) in [6.45, 7) is 1.56. The Bertz CT molecular complexity index is 520. The lowest BCUT2D eigenvalue weighted by Gasteiger charge is -1.95. The van der Waals surface area contributed by atoms with Crippen molar-refractivity contribution in [3.63, 3.8) is 0 Å². The van der Waals surface area contributed by atoms with Crippen molar-refractivity contribution in [3.05, 3.63) is 66.2 Å². The van der Waals surface area contributed by atoms with Crippen LogP contribution in [0.15, 0.2) is 60.7 Å². The van der Waals surface area contributed by atoms with E-state index in [4.69, 9.17) is 5.11 Å². The summed E-state index contributed by atoms with van der Waals surface area (Å²) in [4.78, 5) is 20.6. The van der Waals surface area contributed by atoms with Crippen LogP contribution in [-0.2, 0) is 0 Å². The van der Waals surface area contributed by atoms with Crippen molar-refractivity contribution in [3.8, 4) is 5.75 Å². The van der Waals surface area contributed by atoms with Gasteiger partial charge >= 0.3 is 6.16 Å². The molecule has 0 atom stereocenters. The number of carboxylic acid groups (broad SMARTS) is 1. The standard InChI is InChI=1S/C8H8O.C7H6O3/c1-7(9)8-5-3-2-4-6-8;8-7(9)10-6-4-2-1-3-5-6/h2-6H,1H3;1-5H,(H,8,9). The molecule has 0 aliphatic rings. The van der Waals surface area contributed by atoms with E-state index in [1.165, 1.54) is 0 Å². The third-order valence-corrected chi connectivity index (χ3v) is 2.13. The van der Waals surface area contributed by atoms with Crippen LogP contribution < -0.4 is 4.74 Å². The lowest BCUT2D eigenvalue weighted by atomic mass is 10.2. The first-order valence-corrected chi connectivity index (χ1v) is 5.61. The van der Waals surface area contributed by atoms with Crippen LogP contribution in [0.5, 0.6) is 5.75 Å². The number of hydrogen-bond donors (Lipinski definition) is 1. The van der Waals surface area contributed by atoms with Crippen LogP contribution >= 0.6 is 0 Å². The van der Waals surface area contributed by atoms with E-state index in [1.807, 2.05) is 30.3 Å². The molecule has 0 fully saturated rings. The van der Waals surface area contributed by atoms with E-state index in [-0.39, 0.29) is 5.78 Å². The lowest BCUT2D eigenvalue weighted by Crippen LogP contribution is -2.02. The largest absolute Gasteiger partial charge is 0.511 e. The highest BCUT2D eigenvalue weighted by Crippen LogP contribution is 2.07. The van der Waals surface area contributed by atoms with E-state index >= 15 is 0 Å². The lowest BCUT2D eigenvalue weighted by molar-refractivity contribution is 0.101. The monoisotopic (exact) mass is 258 g/mol. The van der Waals surface area contributed by atoms with E-state index in [9.17, 15) is 9.59 Å². The number of ether oxygens (including phenoxy) is 1. The molecular formula is C15H14O4. The van der Waals surface area contributed by atoms with Gasteiger partial charge in [-0.1, -0.05) is 48.5 Å². The van der Waals surface area contributed by atoms with Gasteiger partial charge in [0.15, 0.2) is 5.78 Å². The van der Waals surface area contributed by atoms with Crippen LogP contribution in [0.3, 0.4) is 0 Å². The first kappa shape index (κ1) is 14.4. The van der Waals surface area contributed by atoms with E-state index in [1.54, 1.807) is 37.3 Å². The number of carbonyl (C=O) groups excluding carboxylic acids is 1. The molecule has 0 aliphatic carbocycles. The second kappa shape index (κ2) is 7.66. The maximum atomic E-state index is 10.6. The summed E-state index contributed by atoms with van der Waals surface area (Å²) in [5.74, 6) is 0.464. The van der Waals surface area contributed by atoms with Crippen LogP contribution in [0.1, 0.15) is 17.3 Å². The summed E-state index contributed by atoms with van der Waals surface area (Å²) in [6.07, 6.45) is -1.29. The molecule has 0 unspecified atom stereocenters. The highest BCUT2D eigenvalue weighted by Gasteiger charge is 1.96. The molecule has 0 radical (unpaired) electrons. The van der Waals surface area contributed by atoms with Crippen molar-refractivity contribution in [2.75, 3.05) is 0 Å². The van der Waals surface area contributed by atoms with Crippen molar-refractivity contribution in [2.45, 2.75) is 6.92 Å². The van der Waals surface area contributed by atoms with Crippen LogP contribution in [0.25, 0.3) is 0 Å². The summed E-state index contributed by atoms with van der Waals surface area (Å²) in [5, 5.41) is 8.14. The van der Waals surface area contributed by atoms with Gasteiger partial charge in [0.05, 0.1) is 0 Å². The van der Waals surface area contributed by atoms with Crippen LogP contribution in [0.4, 0.5) is 4.79 Å². The quantitative estimate of drug-likeness (QED) is 0.507. The molecule has 2 rings (SSSR count). The summed E-state index contributed by atoms with van der Waals surface area (Å²) in [5.41, 5.74) is 0.775. The van der Waals surface area contributed by atoms with Gasteiger partial charge in [0.25, 0.3) is 0 Å². The molecule has 0 aromatic heterocycles. The second-order valence-electron chi connectivity index (χ2n) is 3.60. The van der Waals surface area contributed by atoms with E-state index < -0.39 is 6.16 Å². The molecule has 1 N–H and O–H groups in total. The van der Waals surface area contributed by atoms with Crippen molar-refractivity contribution in [2.24, 2.45) is 0 Å². The van der Waals surface area contributed by atoms with Gasteiger partial charge in [-0.25, -0.2) is 4.79 Å². The molecule has 0 bridgehead atoms. The molecule has 0 heterocycles. The van der Waals surface area contributed by atoms with Gasteiger partial charge < -0.3 is 9.84 Å². The first-order valence-electron chi connectivity index (χ1n) is 5.61. The van der Waals surface area contributed by atoms with Gasteiger partial charge in [-0.3, -0.25) is 4.79 Å². The van der Waals surface area contributed by atoms with E-state index in [2.05, 4.69) is 4.74 Å². The van der Waals surface area contributed by atoms with Crippen molar-refractivity contribution in [1.29, 1.82) is 0 Å². The van der Waals surface area contributed by atoms with E-state index in [0.717, 1.165) is 5.56 Å². The van der Waals surface area contributed by atoms with Crippen LogP contribution in [0.2, 0.25) is 0 Å². The highest BCUT2D eigenvalue weighted by molar-refractivity contribution is 5.93. The maximum Gasteiger partial charge on any atom is 0.511 e. The Hall–Kier alpha value is -2.62. The molecule has 0 amide bonds. The minimum absolute atomic E-state index is 0.121. The van der Waals surface area contributed by atoms with Crippen LogP contribution in [0, 0.1) is 0 Å². The Balaban J connectivity index is 0.000000191. The summed E-state index contributed by atoms with van der Waals surface area (Å²) in [7, 11) is 0. The molecule has 4 heteroatoms. The number of para-hydroxylation sites is 1. The number of carbonyl (C=O) groups is 2. The zero-order valence-corrected chi connectivity index (χ0v) is 10.4. The fraction of sp³-hybridized carbons (Fsp3) is 0.0667. The number of hydrogen-bond acceptors (Lipinski definition) is 3. The predicted molar refractivity (Wildman–Crippen MR) is 71.5 cm³/mol. The molecule has 0 aliphatic heterocycles. The maximum absolute atomic E-state index is 10.6. The molecule has 0 saturated heterocycles. The summed E-state index contributed by atoms with van der Waals surface area (Å²) in [6, 6.07) is 17.6. The Labute approximate surface area is 111 Å². The van der Waals surface area contributed by atoms with Gasteiger partial charge in [-0.2, -0.15) is 0 Å². The summed E-state index contributed by atoms with van der Waals surface area (Å²) >= 11 is 0. The zero-order valence-electron chi connectivity index (χ0n) is 10.4. The van der Waals surface area contributed by atoms with Gasteiger partial charge in [0.2, 0.25) is 0 Å². The van der Waals surface area contributed by atoms with Crippen LogP contribution in [-0.4, -0.2) is 17.0 Å². The average Bonchev–Trinajstić information content (AvgIpc) is 2.41. The molecular weight excluding hydrogens is 244 g/mol. The van der Waals surface area contributed by atoms with Gasteiger partial charge in [-0.05, 0) is 19.1 Å². The number of ketones is 1. The SMILES string of the molecule is CC(=O)c1ccccc1.O=C(O)Oc1ccccc1. The Kier molecular flexibility index (Phi) is 5.82. The fourth-order valence-corrected chi connectivity index (χ4v) is 1.26. The van der Waals surface area contributed by atoms with Crippen molar-refractivity contribution in [1.82, 2.24) is 0 Å². The number of Topliss-reactive ketones (excluding diaryl/α,β-unsaturated/α-hetero) is 1. The van der Waals surface area contributed by atoms with Gasteiger partial charge in [0, 0.05) is 5.56 Å². The molecule has 2 aromatic carbocycles. The molecule has 0 saturated carbocycles. The Morgan fingerprint density at radius 1 is 0.895 bits per heavy atom. The van der Waals surface area contributed by atoms with E-state index in [0.29, 0.717) is 5.75 Å². The molecule has 4 nitrogen and oxygen atoms in total. The fourth-order valence-electron chi connectivity index (χ4n) is 1.26. The normalized spacial score (nSPS) is 8.89. The minimum atomic E-state index is -1.29. The number of benzene rings is 2. The van der Waals surface area contributed by atoms with Crippen molar-refractivity contribution >= 4 is 11.9 Å². The Morgan fingerprint density at radius 2 is 1.37 bits per heavy atom. The average molecular weight is 258 g/mol. The zero-order chi connectivity index (χ0) is 14.1. The molecule has 2 aromatic rings. The predicted octanol–water partition coefficient (Wildman–Crippen LogP) is 3.63. The molecule has 19 heavy (non-hydrogen) atoms. The second-order valence-corrected chi connectivity index (χ2v) is 3.60. The third-order valence-electron chi connectivity index (χ3n) is 2.13. The topological polar surface area (TPSA) is 63.6 Å². The molecule has 0 spiro atoms. The number of rotatable bonds is 2. The van der Waals surface area contributed by atoms with Gasteiger partial charge in [-0.15, -0.1) is 0 Å². The Morgan fingerprint density at radius 3 is 1.74 bits per heavy atom. The van der Waals surface area contributed by atoms with Gasteiger partial charge in [0.1, 0.15) is 5.75 Å². The first-order chi connectivity index (χ1) is 9.09. The van der Waals surface area contributed by atoms with Crippen molar-refractivity contribution < 1.29 is 19.4 Å². The molecule has 98 valence electrons. The highest BCUT2D eigenvalue weighted by atomic mass is 16.7. The minimum Gasteiger partial charge on any atom is -0.449 e. The summed E-state index contributed by atoms with van der Waals surface area (Å²) < 4.78 is 4.33.